The normalized spacial score (nSPS) is 22.9. The predicted molar refractivity (Wildman–Crippen MR) is 126 cm³/mol. The average Bonchev–Trinajstić information content (AvgIpc) is 2.81. The largest absolute Gasteiger partial charge is 0.463 e. The van der Waals surface area contributed by atoms with E-state index in [1.54, 1.807) is 36.4 Å². The van der Waals surface area contributed by atoms with E-state index in [0.717, 1.165) is 13.8 Å². The van der Waals surface area contributed by atoms with Gasteiger partial charge in [0.05, 0.1) is 6.20 Å². The number of ether oxygens (including phenoxy) is 6. The maximum absolute atomic E-state index is 12.0. The summed E-state index contributed by atoms with van der Waals surface area (Å²) in [6.07, 6.45) is -4.34. The molecular formula is C25H28N2O10. The first-order valence-corrected chi connectivity index (χ1v) is 11.3. The third-order valence-electron chi connectivity index (χ3n) is 5.17. The molecule has 0 saturated carbocycles. The second kappa shape index (κ2) is 12.2. The fraction of sp³-hybridized carbons (Fsp3) is 0.400. The standard InChI is InChI=1S/C25H28N2O10/c1-13(28)32-12-20-23(33-14(2)29)25(35-16(4)31)24(34-15(3)30)22(37-20)17-6-5-7-18(10-17)36-19-8-9-21(26)27-11-19/h5-11,20,22-25H,12H2,1-4H3,(H2,26,27)/t20-,22-,23-,24-,25+/m1/s1. The fourth-order valence-electron chi connectivity index (χ4n) is 3.84. The van der Waals surface area contributed by atoms with Gasteiger partial charge in [0.25, 0.3) is 0 Å². The minimum absolute atomic E-state index is 0.318. The van der Waals surface area contributed by atoms with Gasteiger partial charge in [-0.05, 0) is 29.8 Å². The summed E-state index contributed by atoms with van der Waals surface area (Å²) in [5.74, 6) is -1.54. The lowest BCUT2D eigenvalue weighted by Crippen LogP contribution is -2.59. The lowest BCUT2D eigenvalue weighted by Gasteiger charge is -2.44. The van der Waals surface area contributed by atoms with E-state index in [9.17, 15) is 19.2 Å². The molecule has 1 fully saturated rings. The number of carbonyl (C=O) groups excluding carboxylic acids is 4. The van der Waals surface area contributed by atoms with Crippen LogP contribution in [0, 0.1) is 0 Å². The van der Waals surface area contributed by atoms with Crippen LogP contribution in [-0.4, -0.2) is 59.9 Å². The molecule has 1 aliphatic rings. The molecule has 1 aromatic carbocycles. The zero-order valence-corrected chi connectivity index (χ0v) is 20.7. The van der Waals surface area contributed by atoms with Gasteiger partial charge in [-0.1, -0.05) is 12.1 Å². The van der Waals surface area contributed by atoms with E-state index in [1.165, 1.54) is 20.0 Å². The maximum atomic E-state index is 12.0. The molecule has 2 N–H and O–H groups in total. The molecule has 0 unspecified atom stereocenters. The Morgan fingerprint density at radius 1 is 0.838 bits per heavy atom. The molecule has 37 heavy (non-hydrogen) atoms. The number of aromatic nitrogens is 1. The molecule has 12 heteroatoms. The van der Waals surface area contributed by atoms with Crippen LogP contribution in [0.2, 0.25) is 0 Å². The van der Waals surface area contributed by atoms with E-state index >= 15 is 0 Å². The molecular weight excluding hydrogens is 488 g/mol. The molecule has 5 atom stereocenters. The summed E-state index contributed by atoms with van der Waals surface area (Å²) in [6.45, 7) is 4.39. The summed E-state index contributed by atoms with van der Waals surface area (Å²) in [7, 11) is 0. The number of anilines is 1. The highest BCUT2D eigenvalue weighted by molar-refractivity contribution is 5.69. The van der Waals surface area contributed by atoms with Gasteiger partial charge in [-0.15, -0.1) is 0 Å². The molecule has 0 radical (unpaired) electrons. The molecule has 0 aliphatic carbocycles. The number of nitrogens with zero attached hydrogens (tertiary/aromatic N) is 1. The number of hydrogen-bond acceptors (Lipinski definition) is 12. The van der Waals surface area contributed by atoms with Gasteiger partial charge in [0, 0.05) is 27.7 Å². The first-order valence-electron chi connectivity index (χ1n) is 11.3. The van der Waals surface area contributed by atoms with Crippen LogP contribution in [0.4, 0.5) is 5.82 Å². The van der Waals surface area contributed by atoms with E-state index in [4.69, 9.17) is 34.2 Å². The molecule has 198 valence electrons. The number of rotatable bonds is 8. The van der Waals surface area contributed by atoms with Gasteiger partial charge >= 0.3 is 23.9 Å². The van der Waals surface area contributed by atoms with Crippen LogP contribution in [0.5, 0.6) is 11.5 Å². The second-order valence-electron chi connectivity index (χ2n) is 8.21. The van der Waals surface area contributed by atoms with Crippen molar-refractivity contribution in [3.8, 4) is 11.5 Å². The molecule has 1 aliphatic heterocycles. The van der Waals surface area contributed by atoms with E-state index in [0.29, 0.717) is 22.9 Å². The van der Waals surface area contributed by atoms with Crippen molar-refractivity contribution in [2.75, 3.05) is 12.3 Å². The third kappa shape index (κ3) is 7.64. The van der Waals surface area contributed by atoms with Crippen LogP contribution in [0.25, 0.3) is 0 Å². The summed E-state index contributed by atoms with van der Waals surface area (Å²) < 4.78 is 33.5. The van der Waals surface area contributed by atoms with Gasteiger partial charge in [-0.3, -0.25) is 19.2 Å². The number of esters is 4. The summed E-state index contributed by atoms with van der Waals surface area (Å²) in [6, 6.07) is 9.92. The van der Waals surface area contributed by atoms with Gasteiger partial charge in [0.2, 0.25) is 0 Å². The molecule has 2 aromatic rings. The van der Waals surface area contributed by atoms with Crippen LogP contribution in [0.1, 0.15) is 39.4 Å². The van der Waals surface area contributed by atoms with Crippen LogP contribution in [-0.2, 0) is 42.9 Å². The zero-order chi connectivity index (χ0) is 27.1. The summed E-state index contributed by atoms with van der Waals surface area (Å²) >= 11 is 0. The van der Waals surface area contributed by atoms with Crippen molar-refractivity contribution in [1.82, 2.24) is 4.98 Å². The Kier molecular flexibility index (Phi) is 9.01. The van der Waals surface area contributed by atoms with Crippen molar-refractivity contribution in [2.45, 2.75) is 58.2 Å². The van der Waals surface area contributed by atoms with Gasteiger partial charge in [0.15, 0.2) is 18.3 Å². The van der Waals surface area contributed by atoms with E-state index in [1.807, 2.05) is 0 Å². The molecule has 1 saturated heterocycles. The molecule has 0 spiro atoms. The first kappa shape index (κ1) is 27.4. The van der Waals surface area contributed by atoms with Crippen LogP contribution < -0.4 is 10.5 Å². The Hall–Kier alpha value is -4.19. The van der Waals surface area contributed by atoms with Gasteiger partial charge < -0.3 is 34.2 Å². The predicted octanol–water partition coefficient (Wildman–Crippen LogP) is 2.25. The summed E-state index contributed by atoms with van der Waals surface area (Å²) in [5.41, 5.74) is 6.10. The van der Waals surface area contributed by atoms with E-state index < -0.39 is 54.4 Å². The maximum Gasteiger partial charge on any atom is 0.303 e. The average molecular weight is 517 g/mol. The molecule has 0 bridgehead atoms. The molecule has 2 heterocycles. The molecule has 12 nitrogen and oxygen atoms in total. The number of benzene rings is 1. The highest BCUT2D eigenvalue weighted by Crippen LogP contribution is 2.39. The monoisotopic (exact) mass is 516 g/mol. The molecule has 3 rings (SSSR count). The highest BCUT2D eigenvalue weighted by Gasteiger charge is 2.52. The first-order chi connectivity index (χ1) is 17.5. The smallest absolute Gasteiger partial charge is 0.303 e. The number of carbonyl (C=O) groups is 4. The Morgan fingerprint density at radius 2 is 1.49 bits per heavy atom. The van der Waals surface area contributed by atoms with Crippen LogP contribution in [0.3, 0.4) is 0 Å². The number of hydrogen-bond donors (Lipinski definition) is 1. The second-order valence-corrected chi connectivity index (χ2v) is 8.21. The third-order valence-corrected chi connectivity index (χ3v) is 5.17. The van der Waals surface area contributed by atoms with Gasteiger partial charge in [-0.25, -0.2) is 4.98 Å². The van der Waals surface area contributed by atoms with Crippen LogP contribution >= 0.6 is 0 Å². The molecule has 1 aromatic heterocycles. The van der Waals surface area contributed by atoms with Gasteiger partial charge in [-0.2, -0.15) is 0 Å². The van der Waals surface area contributed by atoms with Crippen molar-refractivity contribution in [2.24, 2.45) is 0 Å². The minimum Gasteiger partial charge on any atom is -0.463 e. The SMILES string of the molecule is CC(=O)OC[C@H]1O[C@H](c2cccc(Oc3ccc(N)nc3)c2)[C@@H](OC(C)=O)[C@@H](OC(C)=O)[C@@H]1OC(C)=O. The fourth-order valence-corrected chi connectivity index (χ4v) is 3.84. The Labute approximate surface area is 212 Å². The van der Waals surface area contributed by atoms with Crippen LogP contribution in [0.15, 0.2) is 42.6 Å². The minimum atomic E-state index is -1.27. The van der Waals surface area contributed by atoms with Crippen molar-refractivity contribution < 1.29 is 47.6 Å². The van der Waals surface area contributed by atoms with Crippen molar-refractivity contribution in [3.63, 3.8) is 0 Å². The highest BCUT2D eigenvalue weighted by atomic mass is 16.7. The topological polar surface area (TPSA) is 163 Å². The lowest BCUT2D eigenvalue weighted by molar-refractivity contribution is -0.254. The quantitative estimate of drug-likeness (QED) is 0.403. The van der Waals surface area contributed by atoms with E-state index in [2.05, 4.69) is 4.98 Å². The van der Waals surface area contributed by atoms with Crippen molar-refractivity contribution >= 4 is 29.7 Å². The molecule has 0 amide bonds. The van der Waals surface area contributed by atoms with Crippen molar-refractivity contribution in [1.29, 1.82) is 0 Å². The zero-order valence-electron chi connectivity index (χ0n) is 20.7. The Balaban J connectivity index is 2.02. The Bertz CT molecular complexity index is 1140. The van der Waals surface area contributed by atoms with Gasteiger partial charge in [0.1, 0.15) is 36.1 Å². The van der Waals surface area contributed by atoms with Crippen molar-refractivity contribution in [3.05, 3.63) is 48.2 Å². The number of nitrogen functional groups attached to an aromatic ring is 1. The number of pyridine rings is 1. The van der Waals surface area contributed by atoms with E-state index in [-0.39, 0.29) is 6.61 Å². The summed E-state index contributed by atoms with van der Waals surface area (Å²) in [4.78, 5) is 51.4. The summed E-state index contributed by atoms with van der Waals surface area (Å²) in [5, 5.41) is 0. The lowest BCUT2D eigenvalue weighted by atomic mass is 9.90. The Morgan fingerprint density at radius 3 is 2.08 bits per heavy atom. The number of nitrogens with two attached hydrogens (primary N) is 1.